The fraction of sp³-hybridized carbons (Fsp3) is 0.333. The molecule has 6 nitrogen and oxygen atoms in total. The van der Waals surface area contributed by atoms with Crippen LogP contribution < -0.4 is 20.7 Å². The van der Waals surface area contributed by atoms with Crippen LogP contribution in [0.15, 0.2) is 36.5 Å². The molecule has 2 rings (SSSR count). The summed E-state index contributed by atoms with van der Waals surface area (Å²) in [4.78, 5) is 16.2. The standard InChI is InChI=1S/C18H24N4O2/c1-13-5-8-17(21-12-13)19-9-4-10-20-18(23)22-16-11-15(24-3)7-6-14(16)2/h5-8,11-12H,4,9-10H2,1-3H3,(H,19,21)(H2,20,22,23). The van der Waals surface area contributed by atoms with Gasteiger partial charge in [-0.3, -0.25) is 0 Å². The van der Waals surface area contributed by atoms with Gasteiger partial charge < -0.3 is 20.7 Å². The molecule has 1 heterocycles. The molecule has 0 aliphatic heterocycles. The Kier molecular flexibility index (Phi) is 6.42. The first kappa shape index (κ1) is 17.6. The predicted octanol–water partition coefficient (Wildman–Crippen LogP) is 3.33. The fourth-order valence-electron chi connectivity index (χ4n) is 2.11. The zero-order valence-corrected chi connectivity index (χ0v) is 14.3. The molecule has 0 saturated carbocycles. The molecular weight excluding hydrogens is 304 g/mol. The van der Waals surface area contributed by atoms with E-state index in [-0.39, 0.29) is 6.03 Å². The monoisotopic (exact) mass is 328 g/mol. The zero-order chi connectivity index (χ0) is 17.4. The summed E-state index contributed by atoms with van der Waals surface area (Å²) in [7, 11) is 1.60. The van der Waals surface area contributed by atoms with Crippen LogP contribution in [0.1, 0.15) is 17.5 Å². The number of rotatable bonds is 7. The van der Waals surface area contributed by atoms with Gasteiger partial charge in [-0.15, -0.1) is 0 Å². The lowest BCUT2D eigenvalue weighted by molar-refractivity contribution is 0.252. The molecule has 0 atom stereocenters. The van der Waals surface area contributed by atoms with E-state index >= 15 is 0 Å². The SMILES string of the molecule is COc1ccc(C)c(NC(=O)NCCCNc2ccc(C)cn2)c1. The predicted molar refractivity (Wildman–Crippen MR) is 96.8 cm³/mol. The number of benzene rings is 1. The van der Waals surface area contributed by atoms with Crippen LogP contribution in [-0.2, 0) is 0 Å². The minimum Gasteiger partial charge on any atom is -0.497 e. The highest BCUT2D eigenvalue weighted by atomic mass is 16.5. The van der Waals surface area contributed by atoms with E-state index in [0.29, 0.717) is 12.3 Å². The summed E-state index contributed by atoms with van der Waals surface area (Å²) in [5.41, 5.74) is 2.86. The molecule has 1 aromatic carbocycles. The number of nitrogens with one attached hydrogen (secondary N) is 3. The normalized spacial score (nSPS) is 10.1. The second-order valence-corrected chi connectivity index (χ2v) is 5.56. The summed E-state index contributed by atoms with van der Waals surface area (Å²) in [5.74, 6) is 1.56. The van der Waals surface area contributed by atoms with Crippen LogP contribution in [0.4, 0.5) is 16.3 Å². The van der Waals surface area contributed by atoms with Crippen LogP contribution in [0, 0.1) is 13.8 Å². The van der Waals surface area contributed by atoms with Crippen molar-refractivity contribution in [1.82, 2.24) is 10.3 Å². The van der Waals surface area contributed by atoms with E-state index in [1.165, 1.54) is 0 Å². The largest absolute Gasteiger partial charge is 0.497 e. The Morgan fingerprint density at radius 1 is 1.17 bits per heavy atom. The maximum Gasteiger partial charge on any atom is 0.319 e. The van der Waals surface area contributed by atoms with E-state index in [0.717, 1.165) is 35.6 Å². The Bertz CT molecular complexity index is 671. The van der Waals surface area contributed by atoms with Gasteiger partial charge in [-0.2, -0.15) is 0 Å². The number of carbonyl (C=O) groups is 1. The van der Waals surface area contributed by atoms with Crippen molar-refractivity contribution in [3.63, 3.8) is 0 Å². The van der Waals surface area contributed by atoms with Crippen molar-refractivity contribution in [2.45, 2.75) is 20.3 Å². The van der Waals surface area contributed by atoms with E-state index < -0.39 is 0 Å². The summed E-state index contributed by atoms with van der Waals surface area (Å²) in [5, 5.41) is 8.90. The highest BCUT2D eigenvalue weighted by molar-refractivity contribution is 5.90. The van der Waals surface area contributed by atoms with Gasteiger partial charge in [0.05, 0.1) is 7.11 Å². The highest BCUT2D eigenvalue weighted by Gasteiger charge is 2.05. The Labute approximate surface area is 142 Å². The number of pyridine rings is 1. The van der Waals surface area contributed by atoms with Crippen molar-refractivity contribution in [2.24, 2.45) is 0 Å². The molecule has 0 fully saturated rings. The zero-order valence-electron chi connectivity index (χ0n) is 14.3. The molecule has 0 aliphatic rings. The Balaban J connectivity index is 1.69. The molecule has 0 aliphatic carbocycles. The summed E-state index contributed by atoms with van der Waals surface area (Å²) in [6.45, 7) is 5.26. The van der Waals surface area contributed by atoms with Gasteiger partial charge in [0.1, 0.15) is 11.6 Å². The highest BCUT2D eigenvalue weighted by Crippen LogP contribution is 2.21. The van der Waals surface area contributed by atoms with Gasteiger partial charge in [-0.25, -0.2) is 9.78 Å². The second kappa shape index (κ2) is 8.76. The Morgan fingerprint density at radius 3 is 2.71 bits per heavy atom. The van der Waals surface area contributed by atoms with Crippen LogP contribution in [0.3, 0.4) is 0 Å². The van der Waals surface area contributed by atoms with Crippen LogP contribution in [0.5, 0.6) is 5.75 Å². The molecule has 0 saturated heterocycles. The molecule has 0 unspecified atom stereocenters. The van der Waals surface area contributed by atoms with E-state index in [1.807, 2.05) is 44.3 Å². The molecule has 6 heteroatoms. The minimum atomic E-state index is -0.222. The van der Waals surface area contributed by atoms with Crippen molar-refractivity contribution in [1.29, 1.82) is 0 Å². The number of aryl methyl sites for hydroxylation is 2. The minimum absolute atomic E-state index is 0.222. The third-order valence-electron chi connectivity index (χ3n) is 3.55. The average molecular weight is 328 g/mol. The maximum absolute atomic E-state index is 11.9. The number of nitrogens with zero attached hydrogens (tertiary/aromatic N) is 1. The van der Waals surface area contributed by atoms with E-state index in [9.17, 15) is 4.79 Å². The molecule has 2 amide bonds. The third kappa shape index (κ3) is 5.46. The molecule has 3 N–H and O–H groups in total. The molecular formula is C18H24N4O2. The van der Waals surface area contributed by atoms with E-state index in [1.54, 1.807) is 13.2 Å². The summed E-state index contributed by atoms with van der Waals surface area (Å²) >= 11 is 0. The molecule has 2 aromatic rings. The van der Waals surface area contributed by atoms with Gasteiger partial charge in [0.25, 0.3) is 0 Å². The van der Waals surface area contributed by atoms with Gasteiger partial charge >= 0.3 is 6.03 Å². The van der Waals surface area contributed by atoms with Crippen LogP contribution in [0.2, 0.25) is 0 Å². The van der Waals surface area contributed by atoms with E-state index in [4.69, 9.17) is 4.74 Å². The number of carbonyl (C=O) groups excluding carboxylic acids is 1. The lowest BCUT2D eigenvalue weighted by atomic mass is 10.2. The number of hydrogen-bond acceptors (Lipinski definition) is 4. The smallest absolute Gasteiger partial charge is 0.319 e. The van der Waals surface area contributed by atoms with Crippen molar-refractivity contribution in [3.8, 4) is 5.75 Å². The number of aromatic nitrogens is 1. The molecule has 0 radical (unpaired) electrons. The first-order chi connectivity index (χ1) is 11.6. The Hall–Kier alpha value is -2.76. The van der Waals surface area contributed by atoms with E-state index in [2.05, 4.69) is 20.9 Å². The number of ether oxygens (including phenoxy) is 1. The second-order valence-electron chi connectivity index (χ2n) is 5.56. The fourth-order valence-corrected chi connectivity index (χ4v) is 2.11. The number of methoxy groups -OCH3 is 1. The van der Waals surface area contributed by atoms with Gasteiger partial charge in [-0.05, 0) is 43.5 Å². The Morgan fingerprint density at radius 2 is 2.00 bits per heavy atom. The summed E-state index contributed by atoms with van der Waals surface area (Å²) in [6, 6.07) is 9.31. The van der Waals surface area contributed by atoms with Crippen molar-refractivity contribution >= 4 is 17.5 Å². The lowest BCUT2D eigenvalue weighted by Gasteiger charge is -2.11. The van der Waals surface area contributed by atoms with Crippen molar-refractivity contribution < 1.29 is 9.53 Å². The quantitative estimate of drug-likeness (QED) is 0.682. The number of urea groups is 1. The van der Waals surface area contributed by atoms with Crippen LogP contribution in [-0.4, -0.2) is 31.2 Å². The number of anilines is 2. The van der Waals surface area contributed by atoms with Gasteiger partial charge in [-0.1, -0.05) is 12.1 Å². The van der Waals surface area contributed by atoms with Crippen molar-refractivity contribution in [2.75, 3.05) is 30.8 Å². The average Bonchev–Trinajstić information content (AvgIpc) is 2.58. The van der Waals surface area contributed by atoms with Gasteiger partial charge in [0.15, 0.2) is 0 Å². The molecule has 1 aromatic heterocycles. The summed E-state index contributed by atoms with van der Waals surface area (Å²) in [6.07, 6.45) is 2.63. The lowest BCUT2D eigenvalue weighted by Crippen LogP contribution is -2.30. The van der Waals surface area contributed by atoms with Crippen LogP contribution >= 0.6 is 0 Å². The number of hydrogen-bond donors (Lipinski definition) is 3. The first-order valence-corrected chi connectivity index (χ1v) is 7.94. The summed E-state index contributed by atoms with van der Waals surface area (Å²) < 4.78 is 5.17. The topological polar surface area (TPSA) is 75.3 Å². The maximum atomic E-state index is 11.9. The molecule has 24 heavy (non-hydrogen) atoms. The first-order valence-electron chi connectivity index (χ1n) is 7.94. The van der Waals surface area contributed by atoms with Crippen molar-refractivity contribution in [3.05, 3.63) is 47.7 Å². The number of amides is 2. The van der Waals surface area contributed by atoms with Gasteiger partial charge in [0.2, 0.25) is 0 Å². The third-order valence-corrected chi connectivity index (χ3v) is 3.55. The van der Waals surface area contributed by atoms with Crippen LogP contribution in [0.25, 0.3) is 0 Å². The molecule has 0 bridgehead atoms. The molecule has 128 valence electrons. The molecule has 0 spiro atoms. The van der Waals surface area contributed by atoms with Gasteiger partial charge in [0, 0.05) is 31.0 Å².